The number of hydrogen-bond acceptors (Lipinski definition) is 13. The summed E-state index contributed by atoms with van der Waals surface area (Å²) in [6, 6.07) is 19.2. The zero-order chi connectivity index (χ0) is 49.3. The van der Waals surface area contributed by atoms with Gasteiger partial charge in [0.15, 0.2) is 0 Å². The minimum Gasteiger partial charge on any atom is -0.494 e. The maximum Gasteiger partial charge on any atom is 0.255 e. The Kier molecular flexibility index (Phi) is 16.7. The van der Waals surface area contributed by atoms with Crippen molar-refractivity contribution in [1.29, 1.82) is 0 Å². The van der Waals surface area contributed by atoms with Crippen molar-refractivity contribution in [2.24, 2.45) is 11.8 Å². The van der Waals surface area contributed by atoms with Gasteiger partial charge in [-0.2, -0.15) is 4.98 Å². The Labute approximate surface area is 421 Å². The number of fused-ring (bicyclic) bond motifs is 1. The van der Waals surface area contributed by atoms with Gasteiger partial charge in [0.1, 0.15) is 29.4 Å². The number of unbranched alkanes of at least 4 members (excludes halogenated alkanes) is 1. The molecule has 2 aromatic heterocycles. The van der Waals surface area contributed by atoms with Crippen LogP contribution in [0.1, 0.15) is 86.0 Å². The lowest BCUT2D eigenvalue weighted by molar-refractivity contribution is -0.143. The molecule has 4 heterocycles. The van der Waals surface area contributed by atoms with Crippen LogP contribution in [0, 0.1) is 18.8 Å². The Morgan fingerprint density at radius 3 is 2.49 bits per heavy atom. The Balaban J connectivity index is 0.813. The van der Waals surface area contributed by atoms with Crippen LogP contribution in [-0.2, 0) is 27.5 Å². The number of anilines is 3. The number of aromatic nitrogens is 3. The molecule has 5 aromatic rings. The van der Waals surface area contributed by atoms with Crippen molar-refractivity contribution in [1.82, 2.24) is 35.0 Å². The number of aliphatic hydroxyl groups excluding tert-OH is 1. The molecule has 3 aliphatic rings. The third-order valence-corrected chi connectivity index (χ3v) is 14.7. The number of nitrogens with zero attached hydrogens (tertiary/aromatic N) is 6. The molecule has 8 rings (SSSR count). The largest absolute Gasteiger partial charge is 0.494 e. The molecule has 1 saturated carbocycles. The first kappa shape index (κ1) is 50.3. The highest BCUT2D eigenvalue weighted by molar-refractivity contribution is 9.10. The number of hydrogen-bond donors (Lipinski definition) is 4. The summed E-state index contributed by atoms with van der Waals surface area (Å²) < 4.78 is 13.2. The van der Waals surface area contributed by atoms with E-state index in [1.807, 2.05) is 98.9 Å². The Morgan fingerprint density at radius 1 is 1.00 bits per heavy atom. The molecule has 70 heavy (non-hydrogen) atoms. The van der Waals surface area contributed by atoms with Crippen LogP contribution in [0.5, 0.6) is 11.5 Å². The number of benzene rings is 3. The van der Waals surface area contributed by atoms with Crippen LogP contribution in [0.2, 0.25) is 0 Å². The fourth-order valence-corrected chi connectivity index (χ4v) is 10.2. The summed E-state index contributed by atoms with van der Waals surface area (Å²) in [5.74, 6) is 1.75. The van der Waals surface area contributed by atoms with Crippen molar-refractivity contribution < 1.29 is 33.8 Å². The van der Waals surface area contributed by atoms with Crippen LogP contribution in [0.3, 0.4) is 0 Å². The van der Waals surface area contributed by atoms with Gasteiger partial charge in [0, 0.05) is 75.1 Å². The molecule has 16 nitrogen and oxygen atoms in total. The van der Waals surface area contributed by atoms with Gasteiger partial charge < -0.3 is 45.2 Å². The molecule has 3 aromatic carbocycles. The number of halogens is 1. The average Bonchev–Trinajstić information content (AvgIpc) is 4.05. The second-order valence-corrected chi connectivity index (χ2v) is 20.3. The number of nitrogens with one attached hydrogen (secondary N) is 3. The first-order valence-electron chi connectivity index (χ1n) is 24.2. The lowest BCUT2D eigenvalue weighted by Crippen LogP contribution is -2.55. The van der Waals surface area contributed by atoms with Gasteiger partial charge in [0.05, 0.1) is 39.9 Å². The van der Waals surface area contributed by atoms with Crippen LogP contribution >= 0.6 is 27.3 Å². The molecular weight excluding hydrogens is 975 g/mol. The van der Waals surface area contributed by atoms with Crippen LogP contribution < -0.4 is 25.4 Å². The fraction of sp³-hybridized carbons (Fsp3) is 0.442. The minimum atomic E-state index is -0.902. The van der Waals surface area contributed by atoms with Crippen molar-refractivity contribution >= 4 is 68.3 Å². The van der Waals surface area contributed by atoms with Crippen molar-refractivity contribution in [2.45, 2.75) is 97.0 Å². The number of aliphatic hydroxyl groups is 1. The third-order valence-electron chi connectivity index (χ3n) is 13.2. The molecular formula is C52H62BrN9O7S. The highest BCUT2D eigenvalue weighted by Gasteiger charge is 2.46. The first-order chi connectivity index (χ1) is 33.8. The molecule has 3 atom stereocenters. The van der Waals surface area contributed by atoms with Crippen molar-refractivity contribution in [3.8, 4) is 21.9 Å². The number of aryl methyl sites for hydroxylation is 1. The van der Waals surface area contributed by atoms with Gasteiger partial charge >= 0.3 is 0 Å². The molecule has 4 N–H and O–H groups in total. The lowest BCUT2D eigenvalue weighted by atomic mass is 9.84. The van der Waals surface area contributed by atoms with Crippen LogP contribution in [0.25, 0.3) is 10.4 Å². The van der Waals surface area contributed by atoms with E-state index in [4.69, 9.17) is 9.47 Å². The molecule has 2 fully saturated rings. The molecule has 0 radical (unpaired) electrons. The van der Waals surface area contributed by atoms with Crippen molar-refractivity contribution in [2.75, 3.05) is 50.5 Å². The SMILES string of the molecule is Cc1ncsc1-c1ccc(CNC(=O)[C@@H]2C[C@@H](O)CN2C(=O)C(C(C)C)N2Cc3ccccc3C2=O)c(OCCCCOc2ccc(Nc3ncc(Br)c(NCCCN(C)C(=O)C4CCC4)n3)cc2)c1. The molecule has 1 saturated heterocycles. The van der Waals surface area contributed by atoms with Gasteiger partial charge in [-0.1, -0.05) is 50.6 Å². The molecule has 1 aliphatic carbocycles. The highest BCUT2D eigenvalue weighted by Crippen LogP contribution is 2.34. The molecule has 0 bridgehead atoms. The van der Waals surface area contributed by atoms with E-state index >= 15 is 0 Å². The van der Waals surface area contributed by atoms with E-state index in [-0.39, 0.29) is 55.0 Å². The zero-order valence-corrected chi connectivity index (χ0v) is 42.6. The van der Waals surface area contributed by atoms with Gasteiger partial charge in [-0.3, -0.25) is 19.2 Å². The minimum absolute atomic E-state index is 0.00555. The van der Waals surface area contributed by atoms with Gasteiger partial charge in [-0.25, -0.2) is 9.97 Å². The van der Waals surface area contributed by atoms with E-state index in [0.717, 1.165) is 75.3 Å². The van der Waals surface area contributed by atoms with Crippen molar-refractivity contribution in [3.05, 3.63) is 105 Å². The van der Waals surface area contributed by atoms with Gasteiger partial charge in [-0.15, -0.1) is 11.3 Å². The molecule has 370 valence electrons. The monoisotopic (exact) mass is 1040 g/mol. The quantitative estimate of drug-likeness (QED) is 0.0490. The summed E-state index contributed by atoms with van der Waals surface area (Å²) in [5.41, 5.74) is 6.69. The second kappa shape index (κ2) is 23.2. The molecule has 4 amide bonds. The molecule has 18 heteroatoms. The number of likely N-dealkylation sites (tertiary alicyclic amines) is 1. The fourth-order valence-electron chi connectivity index (χ4n) is 9.10. The topological polar surface area (TPSA) is 191 Å². The van der Waals surface area contributed by atoms with E-state index in [1.54, 1.807) is 28.5 Å². The van der Waals surface area contributed by atoms with Crippen LogP contribution in [0.15, 0.2) is 82.9 Å². The predicted octanol–water partition coefficient (Wildman–Crippen LogP) is 7.97. The maximum atomic E-state index is 14.3. The zero-order valence-electron chi connectivity index (χ0n) is 40.2. The number of carbonyl (C=O) groups is 4. The number of thiazole rings is 1. The van der Waals surface area contributed by atoms with Gasteiger partial charge in [-0.05, 0) is 108 Å². The number of amides is 4. The molecule has 1 unspecified atom stereocenters. The summed E-state index contributed by atoms with van der Waals surface area (Å²) in [5, 5.41) is 20.4. The molecule has 2 aliphatic heterocycles. The Bertz CT molecular complexity index is 2640. The number of β-amino-alcohol motifs (C(OH)–C–C–N with tert-alkyl or cyclic N) is 1. The molecule has 0 spiro atoms. The average molecular weight is 1040 g/mol. The first-order valence-corrected chi connectivity index (χ1v) is 25.8. The van der Waals surface area contributed by atoms with E-state index in [9.17, 15) is 24.3 Å². The Hall–Kier alpha value is -6.11. The lowest BCUT2D eigenvalue weighted by Gasteiger charge is -2.35. The third kappa shape index (κ3) is 12.1. The van der Waals surface area contributed by atoms with Gasteiger partial charge in [0.2, 0.25) is 23.7 Å². The predicted molar refractivity (Wildman–Crippen MR) is 273 cm³/mol. The van der Waals surface area contributed by atoms with Crippen LogP contribution in [0.4, 0.5) is 17.5 Å². The number of ether oxygens (including phenoxy) is 2. The summed E-state index contributed by atoms with van der Waals surface area (Å²) in [6.07, 6.45) is 6.32. The second-order valence-electron chi connectivity index (χ2n) is 18.6. The summed E-state index contributed by atoms with van der Waals surface area (Å²) in [7, 11) is 1.88. The number of carbonyl (C=O) groups excluding carboxylic acids is 4. The van der Waals surface area contributed by atoms with Gasteiger partial charge in [0.25, 0.3) is 5.91 Å². The maximum absolute atomic E-state index is 14.3. The summed E-state index contributed by atoms with van der Waals surface area (Å²) in [4.78, 5) is 73.5. The smallest absolute Gasteiger partial charge is 0.255 e. The standard InChI is InChI=1S/C52H62BrN9O7S/c1-32(2)45(62-29-37-11-5-6-14-41(37)50(62)66)51(67)61-30-39(63)26-43(61)48(64)55-27-36-16-15-35(46-33(3)57-31-70-46)25-44(36)69-24-8-7-23-68-40-19-17-38(18-20-40)58-52-56-28-42(53)47(59-52)54-21-10-22-60(4)49(65)34-12-9-13-34/h5-6,11,14-20,25,28,31-32,34,39,43,45,63H,7-10,12-13,21-24,26-27,29-30H2,1-4H3,(H,55,64)(H2,54,56,58,59)/t39-,43+,45?/m1/s1. The van der Waals surface area contributed by atoms with E-state index in [2.05, 4.69) is 46.8 Å². The normalized spacial score (nSPS) is 17.0. The Morgan fingerprint density at radius 2 is 1.77 bits per heavy atom. The summed E-state index contributed by atoms with van der Waals surface area (Å²) in [6.45, 7) is 8.45. The van der Waals surface area contributed by atoms with Crippen LogP contribution in [-0.4, -0.2) is 116 Å². The van der Waals surface area contributed by atoms with E-state index < -0.39 is 18.2 Å². The van der Waals surface area contributed by atoms with E-state index in [0.29, 0.717) is 62.3 Å². The number of rotatable bonds is 22. The summed E-state index contributed by atoms with van der Waals surface area (Å²) >= 11 is 5.08. The van der Waals surface area contributed by atoms with Crippen molar-refractivity contribution in [3.63, 3.8) is 0 Å². The van der Waals surface area contributed by atoms with E-state index in [1.165, 1.54) is 4.90 Å². The highest BCUT2D eigenvalue weighted by atomic mass is 79.9.